The topological polar surface area (TPSA) is 26.3 Å². The Bertz CT molecular complexity index is 353. The summed E-state index contributed by atoms with van der Waals surface area (Å²) in [6.07, 6.45) is 0. The second-order valence-electron chi connectivity index (χ2n) is 8.96. The van der Waals surface area contributed by atoms with E-state index in [4.69, 9.17) is 4.74 Å². The third kappa shape index (κ3) is 4.09. The molecule has 0 aliphatic heterocycles. The zero-order valence-corrected chi connectivity index (χ0v) is 15.9. The maximum absolute atomic E-state index is 11.6. The molecule has 3 nitrogen and oxygen atoms in total. The van der Waals surface area contributed by atoms with Crippen LogP contribution in [-0.2, 0) is 9.53 Å². The van der Waals surface area contributed by atoms with Crippen LogP contribution >= 0.6 is 0 Å². The maximum atomic E-state index is 11.6. The van der Waals surface area contributed by atoms with Crippen molar-refractivity contribution in [2.24, 2.45) is 0 Å². The molecule has 0 aromatic heterocycles. The third-order valence-corrected chi connectivity index (χ3v) is 4.44. The van der Waals surface area contributed by atoms with Gasteiger partial charge in [0.15, 0.2) is 0 Å². The van der Waals surface area contributed by atoms with E-state index in [1.807, 2.05) is 0 Å². The lowest BCUT2D eigenvalue weighted by atomic mass is 9.82. The SMILES string of the molecule is C=C(C)C(=O)OCC[N+](C(C)(C)C)(C(C)(C)C)C(C)(C)C. The van der Waals surface area contributed by atoms with Gasteiger partial charge in [0.1, 0.15) is 13.2 Å². The molecule has 0 aliphatic rings. The molecule has 0 aromatic rings. The van der Waals surface area contributed by atoms with Crippen LogP contribution in [0.5, 0.6) is 0 Å². The van der Waals surface area contributed by atoms with Crippen LogP contribution in [0, 0.1) is 0 Å². The van der Waals surface area contributed by atoms with Crippen molar-refractivity contribution >= 4 is 5.97 Å². The molecular formula is C18H36NO2+. The first-order chi connectivity index (χ1) is 9.08. The molecular weight excluding hydrogens is 262 g/mol. The first-order valence-electron chi connectivity index (χ1n) is 7.79. The summed E-state index contributed by atoms with van der Waals surface area (Å²) >= 11 is 0. The molecule has 3 heteroatoms. The van der Waals surface area contributed by atoms with E-state index in [-0.39, 0.29) is 22.6 Å². The molecule has 0 saturated heterocycles. The summed E-state index contributed by atoms with van der Waals surface area (Å²) in [5.41, 5.74) is 0.556. The average Bonchev–Trinajstić information content (AvgIpc) is 2.17. The van der Waals surface area contributed by atoms with Crippen molar-refractivity contribution in [2.75, 3.05) is 13.2 Å². The molecule has 0 radical (unpaired) electrons. The Morgan fingerprint density at radius 3 is 1.48 bits per heavy atom. The molecule has 0 heterocycles. The highest BCUT2D eigenvalue weighted by Gasteiger charge is 2.56. The van der Waals surface area contributed by atoms with Gasteiger partial charge in [-0.15, -0.1) is 0 Å². The smallest absolute Gasteiger partial charge is 0.333 e. The van der Waals surface area contributed by atoms with E-state index in [1.54, 1.807) is 6.92 Å². The zero-order chi connectivity index (χ0) is 17.3. The van der Waals surface area contributed by atoms with Crippen LogP contribution in [0.2, 0.25) is 0 Å². The van der Waals surface area contributed by atoms with Crippen LogP contribution in [0.3, 0.4) is 0 Å². The summed E-state index contributed by atoms with van der Waals surface area (Å²) in [4.78, 5) is 11.6. The van der Waals surface area contributed by atoms with Crippen molar-refractivity contribution in [3.8, 4) is 0 Å². The number of quaternary nitrogens is 1. The minimum atomic E-state index is -0.301. The van der Waals surface area contributed by atoms with Gasteiger partial charge in [-0.2, -0.15) is 0 Å². The highest BCUT2D eigenvalue weighted by molar-refractivity contribution is 5.86. The van der Waals surface area contributed by atoms with Crippen molar-refractivity contribution in [3.05, 3.63) is 12.2 Å². The number of rotatable bonds is 4. The fourth-order valence-electron chi connectivity index (χ4n) is 4.42. The van der Waals surface area contributed by atoms with E-state index >= 15 is 0 Å². The van der Waals surface area contributed by atoms with Gasteiger partial charge in [0, 0.05) is 5.57 Å². The largest absolute Gasteiger partial charge is 0.456 e. The zero-order valence-electron chi connectivity index (χ0n) is 15.9. The summed E-state index contributed by atoms with van der Waals surface area (Å²) in [6.45, 7) is 26.9. The lowest BCUT2D eigenvalue weighted by Gasteiger charge is -2.63. The van der Waals surface area contributed by atoms with Crippen molar-refractivity contribution in [1.82, 2.24) is 0 Å². The van der Waals surface area contributed by atoms with Gasteiger partial charge < -0.3 is 9.22 Å². The predicted molar refractivity (Wildman–Crippen MR) is 90.2 cm³/mol. The summed E-state index contributed by atoms with van der Waals surface area (Å²) in [5, 5.41) is 0. The molecule has 21 heavy (non-hydrogen) atoms. The highest BCUT2D eigenvalue weighted by atomic mass is 16.5. The number of hydrogen-bond donors (Lipinski definition) is 0. The molecule has 0 unspecified atom stereocenters. The van der Waals surface area contributed by atoms with Gasteiger partial charge in [0.25, 0.3) is 0 Å². The predicted octanol–water partition coefficient (Wildman–Crippen LogP) is 4.32. The van der Waals surface area contributed by atoms with Crippen LogP contribution in [0.4, 0.5) is 0 Å². The molecule has 0 rings (SSSR count). The fraction of sp³-hybridized carbons (Fsp3) is 0.833. The minimum absolute atomic E-state index is 0.0339. The number of carbonyl (C=O) groups is 1. The van der Waals surface area contributed by atoms with E-state index in [2.05, 4.69) is 68.9 Å². The number of carbonyl (C=O) groups excluding carboxylic acids is 1. The molecule has 0 saturated carbocycles. The number of hydrogen-bond acceptors (Lipinski definition) is 2. The molecule has 0 aromatic carbocycles. The van der Waals surface area contributed by atoms with Gasteiger partial charge in [-0.05, 0) is 69.2 Å². The Morgan fingerprint density at radius 1 is 0.905 bits per heavy atom. The first kappa shape index (κ1) is 20.2. The molecule has 0 bridgehead atoms. The second-order valence-corrected chi connectivity index (χ2v) is 8.96. The van der Waals surface area contributed by atoms with Gasteiger partial charge in [0.05, 0.1) is 16.6 Å². The van der Waals surface area contributed by atoms with Crippen molar-refractivity contribution < 1.29 is 14.0 Å². The Morgan fingerprint density at radius 2 is 1.24 bits per heavy atom. The summed E-state index contributed by atoms with van der Waals surface area (Å²) in [5.74, 6) is -0.301. The van der Waals surface area contributed by atoms with Crippen LogP contribution < -0.4 is 0 Å². The van der Waals surface area contributed by atoms with Gasteiger partial charge >= 0.3 is 5.97 Å². The normalized spacial score (nSPS) is 14.0. The molecule has 0 N–H and O–H groups in total. The third-order valence-electron chi connectivity index (χ3n) is 4.44. The van der Waals surface area contributed by atoms with Crippen LogP contribution in [-0.4, -0.2) is 40.2 Å². The van der Waals surface area contributed by atoms with Gasteiger partial charge in [0.2, 0.25) is 0 Å². The van der Waals surface area contributed by atoms with Crippen LogP contribution in [0.25, 0.3) is 0 Å². The van der Waals surface area contributed by atoms with Gasteiger partial charge in [-0.3, -0.25) is 0 Å². The molecule has 0 spiro atoms. The molecule has 0 amide bonds. The highest BCUT2D eigenvalue weighted by Crippen LogP contribution is 2.43. The Labute approximate surface area is 131 Å². The number of esters is 1. The number of nitrogens with zero attached hydrogens (tertiary/aromatic N) is 1. The molecule has 0 atom stereocenters. The van der Waals surface area contributed by atoms with Crippen molar-refractivity contribution in [3.63, 3.8) is 0 Å². The van der Waals surface area contributed by atoms with E-state index in [1.165, 1.54) is 0 Å². The standard InChI is InChI=1S/C18H36NO2/c1-14(2)15(20)21-13-12-19(16(3,4)5,17(6,7)8)18(9,10)11/h1,12-13H2,2-11H3/q+1. The van der Waals surface area contributed by atoms with Crippen molar-refractivity contribution in [1.29, 1.82) is 0 Å². The van der Waals surface area contributed by atoms with E-state index < -0.39 is 0 Å². The Balaban J connectivity index is 5.54. The van der Waals surface area contributed by atoms with Gasteiger partial charge in [-0.1, -0.05) is 6.58 Å². The lowest BCUT2D eigenvalue weighted by molar-refractivity contribution is -1.05. The Kier molecular flexibility index (Phi) is 5.87. The Hall–Kier alpha value is -0.830. The molecule has 0 fully saturated rings. The van der Waals surface area contributed by atoms with E-state index in [0.29, 0.717) is 12.2 Å². The molecule has 0 aliphatic carbocycles. The average molecular weight is 298 g/mol. The van der Waals surface area contributed by atoms with Crippen LogP contribution in [0.15, 0.2) is 12.2 Å². The number of ether oxygens (including phenoxy) is 1. The van der Waals surface area contributed by atoms with E-state index in [0.717, 1.165) is 11.0 Å². The summed E-state index contributed by atoms with van der Waals surface area (Å²) in [6, 6.07) is 0. The maximum Gasteiger partial charge on any atom is 0.333 e. The summed E-state index contributed by atoms with van der Waals surface area (Å²) < 4.78 is 6.25. The second kappa shape index (κ2) is 6.12. The monoisotopic (exact) mass is 298 g/mol. The minimum Gasteiger partial charge on any atom is -0.456 e. The van der Waals surface area contributed by atoms with Crippen molar-refractivity contribution in [2.45, 2.75) is 85.9 Å². The fourth-order valence-corrected chi connectivity index (χ4v) is 4.42. The van der Waals surface area contributed by atoms with Crippen LogP contribution in [0.1, 0.15) is 69.2 Å². The molecule has 124 valence electrons. The van der Waals surface area contributed by atoms with Gasteiger partial charge in [-0.25, -0.2) is 4.79 Å². The first-order valence-corrected chi connectivity index (χ1v) is 7.79. The summed E-state index contributed by atoms with van der Waals surface area (Å²) in [7, 11) is 0. The lowest BCUT2D eigenvalue weighted by Crippen LogP contribution is -2.77. The quantitative estimate of drug-likeness (QED) is 0.439. The van der Waals surface area contributed by atoms with E-state index in [9.17, 15) is 4.79 Å².